The van der Waals surface area contributed by atoms with Crippen LogP contribution in [0.15, 0.2) is 400 Å². The van der Waals surface area contributed by atoms with Crippen LogP contribution in [0.25, 0.3) is 167 Å². The second-order valence-electron chi connectivity index (χ2n) is 29.8. The van der Waals surface area contributed by atoms with Gasteiger partial charge in [0.1, 0.15) is 0 Å². The van der Waals surface area contributed by atoms with Crippen molar-refractivity contribution in [3.8, 4) is 124 Å². The Morgan fingerprint density at radius 2 is 0.482 bits per heavy atom. The molecule has 0 saturated carbocycles. The van der Waals surface area contributed by atoms with Gasteiger partial charge in [0, 0.05) is 54.9 Å². The Kier molecular flexibility index (Phi) is 14.1. The van der Waals surface area contributed by atoms with E-state index in [9.17, 15) is 0 Å². The quantitative estimate of drug-likeness (QED) is 0.152. The Hall–Kier alpha value is -14.7. The van der Waals surface area contributed by atoms with E-state index in [1.54, 1.807) is 0 Å². The number of rotatable bonds is 8. The fourth-order valence-corrected chi connectivity index (χ4v) is 19.3. The largest absolute Gasteiger partial charge is 0.309 e. The lowest BCUT2D eigenvalue weighted by Gasteiger charge is -2.39. The Morgan fingerprint density at radius 1 is 0.179 bits per heavy atom. The second-order valence-corrected chi connectivity index (χ2v) is 29.8. The first-order valence-electron chi connectivity index (χ1n) is 38.5. The predicted molar refractivity (Wildman–Crippen MR) is 458 cm³/mol. The molecule has 24 rings (SSSR count). The maximum atomic E-state index is 5.16. The minimum Gasteiger partial charge on any atom is -0.309 e. The summed E-state index contributed by atoms with van der Waals surface area (Å²) >= 11 is 0. The summed E-state index contributed by atoms with van der Waals surface area (Å²) in [4.78, 5) is 20.3. The first-order valence-corrected chi connectivity index (χ1v) is 38.5. The van der Waals surface area contributed by atoms with Crippen molar-refractivity contribution < 1.29 is 0 Å². The maximum absolute atomic E-state index is 5.16. The molecule has 4 aliphatic rings. The third-order valence-electron chi connectivity index (χ3n) is 24.0. The first kappa shape index (κ1) is 63.4. The Labute approximate surface area is 647 Å². The summed E-state index contributed by atoms with van der Waals surface area (Å²) in [6.45, 7) is 0. The molecule has 6 heteroatoms. The Bertz CT molecular complexity index is 7130. The molecule has 0 N–H and O–H groups in total. The summed E-state index contributed by atoms with van der Waals surface area (Å²) in [6.07, 6.45) is 0. The molecule has 16 aromatic carbocycles. The molecule has 0 saturated heterocycles. The van der Waals surface area contributed by atoms with E-state index >= 15 is 0 Å². The van der Waals surface area contributed by atoms with Crippen molar-refractivity contribution in [2.24, 2.45) is 0 Å². The van der Waals surface area contributed by atoms with Gasteiger partial charge in [-0.15, -0.1) is 0 Å². The summed E-state index contributed by atoms with van der Waals surface area (Å²) in [5.41, 5.74) is 36.8. The fraction of sp³-hybridized carbons (Fsp3) is 0.0189. The maximum Gasteiger partial charge on any atom is 0.160 e. The van der Waals surface area contributed by atoms with Gasteiger partial charge < -0.3 is 9.13 Å². The van der Waals surface area contributed by atoms with Gasteiger partial charge in [0.15, 0.2) is 11.6 Å². The fourth-order valence-electron chi connectivity index (χ4n) is 19.3. The Morgan fingerprint density at radius 3 is 0.955 bits per heavy atom. The zero-order chi connectivity index (χ0) is 73.6. The van der Waals surface area contributed by atoms with Crippen LogP contribution >= 0.6 is 0 Å². The zero-order valence-electron chi connectivity index (χ0n) is 60.8. The third-order valence-corrected chi connectivity index (χ3v) is 24.0. The van der Waals surface area contributed by atoms with Gasteiger partial charge in [0.2, 0.25) is 0 Å². The highest BCUT2D eigenvalue weighted by molar-refractivity contribution is 6.14. The molecule has 2 aliphatic carbocycles. The number of aromatic nitrogens is 6. The van der Waals surface area contributed by atoms with Crippen molar-refractivity contribution in [1.82, 2.24) is 29.1 Å². The molecule has 4 aromatic heterocycles. The van der Waals surface area contributed by atoms with Crippen molar-refractivity contribution in [1.29, 1.82) is 0 Å². The lowest BCUT2D eigenvalue weighted by atomic mass is 9.65. The van der Waals surface area contributed by atoms with Crippen LogP contribution in [0.3, 0.4) is 0 Å². The van der Waals surface area contributed by atoms with Crippen molar-refractivity contribution in [2.45, 2.75) is 10.8 Å². The van der Waals surface area contributed by atoms with Crippen LogP contribution in [-0.2, 0) is 10.8 Å². The zero-order valence-corrected chi connectivity index (χ0v) is 60.8. The first-order chi connectivity index (χ1) is 55.5. The monoisotopic (exact) mass is 1420 g/mol. The minimum atomic E-state index is -0.498. The van der Waals surface area contributed by atoms with Crippen LogP contribution < -0.4 is 0 Å². The molecule has 0 bridgehead atoms. The van der Waals surface area contributed by atoms with Crippen molar-refractivity contribution in [2.75, 3.05) is 0 Å². The smallest absolute Gasteiger partial charge is 0.160 e. The topological polar surface area (TPSA) is 61.4 Å². The Balaban J connectivity index is 0.000000134. The van der Waals surface area contributed by atoms with Gasteiger partial charge >= 0.3 is 0 Å². The highest BCUT2D eigenvalue weighted by Gasteiger charge is 2.53. The molecule has 2 spiro atoms. The average molecular weight is 1420 g/mol. The second kappa shape index (κ2) is 24.9. The summed E-state index contributed by atoms with van der Waals surface area (Å²) in [5, 5.41) is 5.15. The van der Waals surface area contributed by atoms with Gasteiger partial charge in [-0.05, 0) is 144 Å². The van der Waals surface area contributed by atoms with E-state index in [1.165, 1.54) is 138 Å². The highest BCUT2D eigenvalue weighted by atomic mass is 15.0. The highest BCUT2D eigenvalue weighted by Crippen LogP contribution is 2.64. The minimum absolute atomic E-state index is 0.481. The molecular weight excluding hydrogens is 1360 g/mol. The molecule has 2 atom stereocenters. The number of hydrogen-bond acceptors (Lipinski definition) is 4. The van der Waals surface area contributed by atoms with Gasteiger partial charge in [-0.25, -0.2) is 19.9 Å². The van der Waals surface area contributed by atoms with Gasteiger partial charge in [0.05, 0.1) is 67.0 Å². The third kappa shape index (κ3) is 9.33. The van der Waals surface area contributed by atoms with E-state index in [1.807, 2.05) is 48.5 Å². The van der Waals surface area contributed by atoms with E-state index in [4.69, 9.17) is 19.9 Å². The summed E-state index contributed by atoms with van der Waals surface area (Å²) < 4.78 is 5.01. The van der Waals surface area contributed by atoms with Crippen LogP contribution in [0.2, 0.25) is 0 Å². The SMILES string of the molecule is c1ccc(-c2cc(-c3ccc(-c4ccc5c(c4)C4(c6ccccc6-5)c5ccccc5-n5c6ccccc6c6cccc4c65)cc3)nc(-c3ccccc3)n2)cc1.c1ccc(-c2cc(-c3cccc(-c4ccc5c(c4)C4(c6ccccc6-5)c5ccccc5-n5c6ccccc6c6cccc4c65)c3)nc(-c3ccccc3)n2)cc1. The van der Waals surface area contributed by atoms with E-state index in [0.29, 0.717) is 5.82 Å². The molecule has 0 amide bonds. The molecule has 20 aromatic rings. The molecule has 2 unspecified atom stereocenters. The number of fused-ring (bicyclic) bond motifs is 24. The van der Waals surface area contributed by atoms with E-state index in [-0.39, 0.29) is 0 Å². The number of benzene rings is 16. The molecule has 6 heterocycles. The molecule has 2 aliphatic heterocycles. The van der Waals surface area contributed by atoms with Gasteiger partial charge in [-0.1, -0.05) is 346 Å². The van der Waals surface area contributed by atoms with Crippen LogP contribution in [-0.4, -0.2) is 29.1 Å². The van der Waals surface area contributed by atoms with Gasteiger partial charge in [-0.2, -0.15) is 0 Å². The van der Waals surface area contributed by atoms with Crippen molar-refractivity contribution in [3.05, 3.63) is 445 Å². The van der Waals surface area contributed by atoms with Crippen LogP contribution in [0, 0.1) is 0 Å². The molecule has 6 nitrogen and oxygen atoms in total. The molecule has 520 valence electrons. The van der Waals surface area contributed by atoms with E-state index in [2.05, 4.69) is 361 Å². The summed E-state index contributed by atoms with van der Waals surface area (Å²) in [5.74, 6) is 1.43. The van der Waals surface area contributed by atoms with E-state index in [0.717, 1.165) is 67.5 Å². The van der Waals surface area contributed by atoms with Gasteiger partial charge in [-0.3, -0.25) is 0 Å². The standard InChI is InChI=1S/2C53H33N3/c1-3-15-34(16-4-1)47-33-48(55-52(54-47)35-17-5-2-6-18-35)38-20-13-19-36(31-38)37-29-30-40-39-21-7-9-24-43(39)53(46(40)32-37)44-25-10-12-28-50(44)56-49-27-11-8-22-41(49)42-23-14-26-45(53)51(42)56;1-3-14-35(15-4-1)47-33-48(55-52(54-47)37-16-5-2-6-17-37)36-28-26-34(27-29-36)38-30-31-40-39-18-7-9-21-43(39)53(46(40)32-38)44-22-10-12-25-50(44)56-49-24-11-8-19-41(49)42-20-13-23-45(53)51(42)56/h2*1-33H. The van der Waals surface area contributed by atoms with Crippen molar-refractivity contribution >= 4 is 43.6 Å². The van der Waals surface area contributed by atoms with Crippen LogP contribution in [0.5, 0.6) is 0 Å². The summed E-state index contributed by atoms with van der Waals surface area (Å²) in [7, 11) is 0. The molecule has 112 heavy (non-hydrogen) atoms. The molecular formula is C106H66N6. The molecule has 0 fully saturated rings. The lowest BCUT2D eigenvalue weighted by molar-refractivity contribution is 0.749. The number of nitrogens with zero attached hydrogens (tertiary/aromatic N) is 6. The summed E-state index contributed by atoms with van der Waals surface area (Å²) in [6, 6.07) is 145. The molecule has 0 radical (unpaired) electrons. The van der Waals surface area contributed by atoms with Crippen molar-refractivity contribution in [3.63, 3.8) is 0 Å². The van der Waals surface area contributed by atoms with E-state index < -0.39 is 10.8 Å². The predicted octanol–water partition coefficient (Wildman–Crippen LogP) is 25.8. The van der Waals surface area contributed by atoms with Crippen LogP contribution in [0.1, 0.15) is 44.5 Å². The number of hydrogen-bond donors (Lipinski definition) is 0. The normalized spacial score (nSPS) is 14.9. The lowest BCUT2D eigenvalue weighted by Crippen LogP contribution is -2.33. The average Bonchev–Trinajstić information content (AvgIpc) is 1.50. The number of para-hydroxylation sites is 6. The van der Waals surface area contributed by atoms with Gasteiger partial charge in [0.25, 0.3) is 0 Å². The van der Waals surface area contributed by atoms with Crippen LogP contribution in [0.4, 0.5) is 0 Å².